The highest BCUT2D eigenvalue weighted by Gasteiger charge is 2.29. The normalized spacial score (nSPS) is 13.9. The molecule has 0 saturated carbocycles. The summed E-state index contributed by atoms with van der Waals surface area (Å²) in [5, 5.41) is 3.13. The van der Waals surface area contributed by atoms with Gasteiger partial charge in [0.1, 0.15) is 23.2 Å². The standard InChI is InChI=1S/C24H26F3N5O.H2S/c1-14(2)11-20(28)24(33)31-9-10-32-21(13-31)30-22(15-3-5-16(25)6-4-15)23(32)29-17-7-8-18(26)19(27)12-17;/h3-8,12,14,20,29H,9-11,13,28H2,1-2H3;1H2/t20-;/m0./s1. The van der Waals surface area contributed by atoms with Crippen LogP contribution in [0, 0.1) is 23.4 Å². The van der Waals surface area contributed by atoms with E-state index < -0.39 is 17.7 Å². The number of anilines is 2. The summed E-state index contributed by atoms with van der Waals surface area (Å²) in [4.78, 5) is 19.2. The zero-order chi connectivity index (χ0) is 23.7. The molecule has 0 unspecified atom stereocenters. The predicted octanol–water partition coefficient (Wildman–Crippen LogP) is 4.54. The van der Waals surface area contributed by atoms with E-state index in [2.05, 4.69) is 5.32 Å². The van der Waals surface area contributed by atoms with Gasteiger partial charge in [0.2, 0.25) is 5.91 Å². The molecule has 1 aliphatic heterocycles. The number of hydrogen-bond donors (Lipinski definition) is 2. The predicted molar refractivity (Wildman–Crippen MR) is 130 cm³/mol. The highest BCUT2D eigenvalue weighted by atomic mass is 32.1. The van der Waals surface area contributed by atoms with Crippen LogP contribution < -0.4 is 11.1 Å². The van der Waals surface area contributed by atoms with Gasteiger partial charge in [0.25, 0.3) is 0 Å². The van der Waals surface area contributed by atoms with Crippen LogP contribution in [0.1, 0.15) is 26.1 Å². The molecule has 2 aromatic carbocycles. The molecule has 1 atom stereocenters. The number of carbonyl (C=O) groups is 1. The van der Waals surface area contributed by atoms with Gasteiger partial charge in [-0.3, -0.25) is 4.79 Å². The molecule has 3 N–H and O–H groups in total. The van der Waals surface area contributed by atoms with Gasteiger partial charge in [-0.25, -0.2) is 18.2 Å². The summed E-state index contributed by atoms with van der Waals surface area (Å²) in [6.45, 7) is 5.17. The number of benzene rings is 2. The molecule has 10 heteroatoms. The Morgan fingerprint density at radius 3 is 2.44 bits per heavy atom. The van der Waals surface area contributed by atoms with Gasteiger partial charge in [0.15, 0.2) is 11.6 Å². The minimum absolute atomic E-state index is 0. The van der Waals surface area contributed by atoms with E-state index in [9.17, 15) is 18.0 Å². The number of fused-ring (bicyclic) bond motifs is 1. The van der Waals surface area contributed by atoms with Crippen molar-refractivity contribution in [2.24, 2.45) is 11.7 Å². The molecule has 0 aliphatic carbocycles. The smallest absolute Gasteiger partial charge is 0.239 e. The molecule has 34 heavy (non-hydrogen) atoms. The van der Waals surface area contributed by atoms with Crippen LogP contribution in [0.15, 0.2) is 42.5 Å². The number of carbonyl (C=O) groups excluding carboxylic acids is 1. The molecule has 3 aromatic rings. The van der Waals surface area contributed by atoms with E-state index in [1.807, 2.05) is 18.4 Å². The number of nitrogens with two attached hydrogens (primary N) is 1. The number of imidazole rings is 1. The first kappa shape index (κ1) is 25.6. The SMILES string of the molecule is CC(C)C[C@H](N)C(=O)N1CCn2c(nc(-c3ccc(F)cc3)c2Nc2ccc(F)c(F)c2)C1.S. The fourth-order valence-corrected chi connectivity index (χ4v) is 4.01. The van der Waals surface area contributed by atoms with Crippen molar-refractivity contribution >= 4 is 30.9 Å². The van der Waals surface area contributed by atoms with E-state index in [1.54, 1.807) is 17.0 Å². The number of aromatic nitrogens is 2. The van der Waals surface area contributed by atoms with Crippen molar-refractivity contribution in [3.63, 3.8) is 0 Å². The van der Waals surface area contributed by atoms with E-state index in [1.165, 1.54) is 18.2 Å². The molecule has 0 saturated heterocycles. The van der Waals surface area contributed by atoms with Gasteiger partial charge in [-0.2, -0.15) is 13.5 Å². The van der Waals surface area contributed by atoms with Crippen LogP contribution in [0.4, 0.5) is 24.7 Å². The molecular formula is C24H28F3N5OS. The van der Waals surface area contributed by atoms with Gasteiger partial charge in [0.05, 0.1) is 12.6 Å². The molecule has 1 amide bonds. The molecule has 0 bridgehead atoms. The Bertz CT molecular complexity index is 1170. The largest absolute Gasteiger partial charge is 0.340 e. The molecule has 4 rings (SSSR count). The fourth-order valence-electron chi connectivity index (χ4n) is 4.01. The van der Waals surface area contributed by atoms with Crippen molar-refractivity contribution in [2.45, 2.75) is 39.4 Å². The number of nitrogens with zero attached hydrogens (tertiary/aromatic N) is 3. The lowest BCUT2D eigenvalue weighted by Crippen LogP contribution is -2.47. The number of halogens is 3. The van der Waals surface area contributed by atoms with Crippen LogP contribution in [0.25, 0.3) is 11.3 Å². The Morgan fingerprint density at radius 2 is 1.79 bits per heavy atom. The van der Waals surface area contributed by atoms with Crippen molar-refractivity contribution in [1.29, 1.82) is 0 Å². The Kier molecular flexibility index (Phi) is 7.93. The van der Waals surface area contributed by atoms with Crippen LogP contribution in [0.3, 0.4) is 0 Å². The summed E-state index contributed by atoms with van der Waals surface area (Å²) in [5.74, 6) is -0.950. The second-order valence-electron chi connectivity index (χ2n) is 8.63. The highest BCUT2D eigenvalue weighted by molar-refractivity contribution is 7.59. The first-order valence-corrected chi connectivity index (χ1v) is 10.8. The lowest BCUT2D eigenvalue weighted by atomic mass is 10.0. The van der Waals surface area contributed by atoms with Gasteiger partial charge in [-0.05, 0) is 48.7 Å². The minimum atomic E-state index is -0.974. The van der Waals surface area contributed by atoms with Gasteiger partial charge in [0, 0.05) is 30.4 Å². The number of hydrogen-bond acceptors (Lipinski definition) is 4. The third kappa shape index (κ3) is 5.39. The van der Waals surface area contributed by atoms with E-state index in [-0.39, 0.29) is 31.8 Å². The van der Waals surface area contributed by atoms with E-state index in [4.69, 9.17) is 10.7 Å². The second-order valence-corrected chi connectivity index (χ2v) is 8.63. The van der Waals surface area contributed by atoms with Gasteiger partial charge in [-0.1, -0.05) is 13.8 Å². The molecule has 0 radical (unpaired) electrons. The summed E-state index contributed by atoms with van der Waals surface area (Å²) < 4.78 is 42.6. The van der Waals surface area contributed by atoms with E-state index in [0.717, 1.165) is 12.1 Å². The molecule has 0 fully saturated rings. The lowest BCUT2D eigenvalue weighted by molar-refractivity contribution is -0.134. The van der Waals surface area contributed by atoms with Gasteiger partial charge < -0.3 is 20.5 Å². The molecule has 6 nitrogen and oxygen atoms in total. The summed E-state index contributed by atoms with van der Waals surface area (Å²) in [5.41, 5.74) is 7.62. The van der Waals surface area contributed by atoms with Crippen molar-refractivity contribution in [2.75, 3.05) is 11.9 Å². The number of nitrogens with one attached hydrogen (secondary N) is 1. The maximum absolute atomic E-state index is 13.8. The maximum Gasteiger partial charge on any atom is 0.239 e. The highest BCUT2D eigenvalue weighted by Crippen LogP contribution is 2.33. The van der Waals surface area contributed by atoms with Crippen molar-refractivity contribution in [3.8, 4) is 11.3 Å². The summed E-state index contributed by atoms with van der Waals surface area (Å²) >= 11 is 0. The number of amides is 1. The molecule has 0 spiro atoms. The van der Waals surface area contributed by atoms with Crippen LogP contribution in [-0.2, 0) is 17.9 Å². The Balaban J connectivity index is 0.00000324. The minimum Gasteiger partial charge on any atom is -0.340 e. The van der Waals surface area contributed by atoms with Crippen molar-refractivity contribution in [1.82, 2.24) is 14.5 Å². The van der Waals surface area contributed by atoms with Gasteiger partial charge in [-0.15, -0.1) is 0 Å². The van der Waals surface area contributed by atoms with Crippen molar-refractivity contribution in [3.05, 3.63) is 65.7 Å². The first-order valence-electron chi connectivity index (χ1n) is 10.8. The molecule has 2 heterocycles. The first-order chi connectivity index (χ1) is 15.7. The summed E-state index contributed by atoms with van der Waals surface area (Å²) in [6, 6.07) is 8.81. The van der Waals surface area contributed by atoms with Crippen LogP contribution >= 0.6 is 13.5 Å². The molecule has 1 aromatic heterocycles. The number of rotatable bonds is 6. The quantitative estimate of drug-likeness (QED) is 0.531. The van der Waals surface area contributed by atoms with Crippen LogP contribution in [0.5, 0.6) is 0 Å². The monoisotopic (exact) mass is 491 g/mol. The average Bonchev–Trinajstić information content (AvgIpc) is 3.13. The van der Waals surface area contributed by atoms with E-state index >= 15 is 0 Å². The zero-order valence-corrected chi connectivity index (χ0v) is 20.0. The second kappa shape index (κ2) is 10.5. The van der Waals surface area contributed by atoms with Crippen molar-refractivity contribution < 1.29 is 18.0 Å². The molecule has 1 aliphatic rings. The fraction of sp³-hybridized carbons (Fsp3) is 0.333. The summed E-state index contributed by atoms with van der Waals surface area (Å²) in [6.07, 6.45) is 0.591. The Hall–Kier alpha value is -2.98. The third-order valence-corrected chi connectivity index (χ3v) is 5.63. The van der Waals surface area contributed by atoms with Gasteiger partial charge >= 0.3 is 0 Å². The lowest BCUT2D eigenvalue weighted by Gasteiger charge is -2.31. The molecular weight excluding hydrogens is 463 g/mol. The maximum atomic E-state index is 13.8. The Labute approximate surface area is 203 Å². The van der Waals surface area contributed by atoms with Crippen LogP contribution in [-0.4, -0.2) is 32.9 Å². The van der Waals surface area contributed by atoms with E-state index in [0.29, 0.717) is 54.0 Å². The Morgan fingerprint density at radius 1 is 1.09 bits per heavy atom. The summed E-state index contributed by atoms with van der Waals surface area (Å²) in [7, 11) is 0. The molecule has 182 valence electrons. The third-order valence-electron chi connectivity index (χ3n) is 5.63. The topological polar surface area (TPSA) is 76.2 Å². The average molecular weight is 492 g/mol. The zero-order valence-electron chi connectivity index (χ0n) is 19.0. The van der Waals surface area contributed by atoms with Crippen LogP contribution in [0.2, 0.25) is 0 Å².